The molecule has 0 rings (SSSR count). The maximum Gasteiger partial charge on any atom is 0.0599 e. The van der Waals surface area contributed by atoms with Crippen molar-refractivity contribution in [2.24, 2.45) is 5.73 Å². The van der Waals surface area contributed by atoms with E-state index in [0.717, 1.165) is 12.8 Å². The number of rotatable bonds is 5. The van der Waals surface area contributed by atoms with Crippen LogP contribution in [0.25, 0.3) is 0 Å². The molecule has 0 aromatic heterocycles. The molecule has 0 radical (unpaired) electrons. The van der Waals surface area contributed by atoms with Crippen molar-refractivity contribution in [1.82, 2.24) is 4.90 Å². The van der Waals surface area contributed by atoms with E-state index in [1.807, 2.05) is 7.05 Å². The van der Waals surface area contributed by atoms with Gasteiger partial charge in [-0.05, 0) is 13.5 Å². The van der Waals surface area contributed by atoms with E-state index in [0.29, 0.717) is 19.1 Å². The molecule has 0 amide bonds. The Morgan fingerprint density at radius 3 is 2.64 bits per heavy atom. The Hall–Kier alpha value is -0.520. The standard InChI is InChI=1S/C9H18N2/c1-4-6-9(8-10)11(3)7-5-2/h2,9H,4,6-8,10H2,1,3H3. The molecule has 11 heavy (non-hydrogen) atoms. The van der Waals surface area contributed by atoms with Crippen LogP contribution in [0.15, 0.2) is 0 Å². The van der Waals surface area contributed by atoms with Crippen molar-refractivity contribution < 1.29 is 0 Å². The van der Waals surface area contributed by atoms with Crippen LogP contribution in [0.4, 0.5) is 0 Å². The lowest BCUT2D eigenvalue weighted by atomic mass is 10.1. The lowest BCUT2D eigenvalue weighted by Gasteiger charge is -2.24. The van der Waals surface area contributed by atoms with Crippen molar-refractivity contribution in [1.29, 1.82) is 0 Å². The summed E-state index contributed by atoms with van der Waals surface area (Å²) in [5.41, 5.74) is 5.58. The average Bonchev–Trinajstić information content (AvgIpc) is 2.00. The molecule has 0 aliphatic carbocycles. The Labute approximate surface area is 69.8 Å². The second kappa shape index (κ2) is 6.21. The van der Waals surface area contributed by atoms with Crippen molar-refractivity contribution in [3.05, 3.63) is 0 Å². The van der Waals surface area contributed by atoms with Crippen LogP contribution in [-0.4, -0.2) is 31.1 Å². The van der Waals surface area contributed by atoms with E-state index in [9.17, 15) is 0 Å². The van der Waals surface area contributed by atoms with Gasteiger partial charge >= 0.3 is 0 Å². The molecule has 0 aromatic rings. The van der Waals surface area contributed by atoms with E-state index >= 15 is 0 Å². The highest BCUT2D eigenvalue weighted by Gasteiger charge is 2.09. The highest BCUT2D eigenvalue weighted by Crippen LogP contribution is 2.01. The van der Waals surface area contributed by atoms with E-state index in [4.69, 9.17) is 12.2 Å². The zero-order valence-electron chi connectivity index (χ0n) is 7.51. The highest BCUT2D eigenvalue weighted by molar-refractivity contribution is 4.89. The van der Waals surface area contributed by atoms with Crippen LogP contribution in [0.2, 0.25) is 0 Å². The zero-order valence-corrected chi connectivity index (χ0v) is 7.51. The summed E-state index contributed by atoms with van der Waals surface area (Å²) in [5.74, 6) is 2.61. The van der Waals surface area contributed by atoms with Crippen LogP contribution in [0.5, 0.6) is 0 Å². The van der Waals surface area contributed by atoms with Crippen molar-refractivity contribution in [3.8, 4) is 12.3 Å². The van der Waals surface area contributed by atoms with E-state index in [-0.39, 0.29) is 0 Å². The van der Waals surface area contributed by atoms with Gasteiger partial charge in [0.05, 0.1) is 6.54 Å². The van der Waals surface area contributed by atoms with E-state index in [1.54, 1.807) is 0 Å². The van der Waals surface area contributed by atoms with Gasteiger partial charge in [0.25, 0.3) is 0 Å². The molecule has 0 aliphatic heterocycles. The normalized spacial score (nSPS) is 13.0. The van der Waals surface area contributed by atoms with Crippen molar-refractivity contribution in [2.45, 2.75) is 25.8 Å². The molecule has 0 aliphatic rings. The first kappa shape index (κ1) is 10.5. The van der Waals surface area contributed by atoms with E-state index in [2.05, 4.69) is 17.7 Å². The molecular formula is C9H18N2. The molecule has 0 saturated heterocycles. The third kappa shape index (κ3) is 4.02. The second-order valence-electron chi connectivity index (χ2n) is 2.80. The van der Waals surface area contributed by atoms with Gasteiger partial charge in [0.2, 0.25) is 0 Å². The van der Waals surface area contributed by atoms with Crippen LogP contribution < -0.4 is 5.73 Å². The van der Waals surface area contributed by atoms with Gasteiger partial charge in [-0.15, -0.1) is 6.42 Å². The Bertz CT molecular complexity index is 126. The van der Waals surface area contributed by atoms with Crippen molar-refractivity contribution in [2.75, 3.05) is 20.1 Å². The molecular weight excluding hydrogens is 136 g/mol. The topological polar surface area (TPSA) is 29.3 Å². The second-order valence-corrected chi connectivity index (χ2v) is 2.80. The summed E-state index contributed by atoms with van der Waals surface area (Å²) in [5, 5.41) is 0. The molecule has 0 heterocycles. The van der Waals surface area contributed by atoms with Crippen LogP contribution in [0.3, 0.4) is 0 Å². The van der Waals surface area contributed by atoms with Gasteiger partial charge in [-0.2, -0.15) is 0 Å². The van der Waals surface area contributed by atoms with Gasteiger partial charge in [-0.1, -0.05) is 19.3 Å². The minimum absolute atomic E-state index is 0.455. The molecule has 2 heteroatoms. The number of nitrogens with two attached hydrogens (primary N) is 1. The van der Waals surface area contributed by atoms with Gasteiger partial charge in [0.15, 0.2) is 0 Å². The molecule has 2 N–H and O–H groups in total. The molecule has 0 bridgehead atoms. The number of hydrogen-bond acceptors (Lipinski definition) is 2. The van der Waals surface area contributed by atoms with Gasteiger partial charge in [0, 0.05) is 12.6 Å². The summed E-state index contributed by atoms with van der Waals surface area (Å²) in [6.45, 7) is 3.56. The third-order valence-corrected chi connectivity index (χ3v) is 1.86. The fourth-order valence-electron chi connectivity index (χ4n) is 1.12. The monoisotopic (exact) mass is 154 g/mol. The predicted octanol–water partition coefficient (Wildman–Crippen LogP) is 0.679. The third-order valence-electron chi connectivity index (χ3n) is 1.86. The van der Waals surface area contributed by atoms with Crippen LogP contribution >= 0.6 is 0 Å². The molecule has 0 saturated carbocycles. The highest BCUT2D eigenvalue weighted by atomic mass is 15.1. The molecule has 1 unspecified atom stereocenters. The Morgan fingerprint density at radius 1 is 1.64 bits per heavy atom. The van der Waals surface area contributed by atoms with Crippen LogP contribution in [0, 0.1) is 12.3 Å². The Balaban J connectivity index is 3.73. The summed E-state index contributed by atoms with van der Waals surface area (Å²) in [6.07, 6.45) is 7.48. The molecule has 0 spiro atoms. The summed E-state index contributed by atoms with van der Waals surface area (Å²) in [7, 11) is 2.02. The Morgan fingerprint density at radius 2 is 2.27 bits per heavy atom. The summed E-state index contributed by atoms with van der Waals surface area (Å²) < 4.78 is 0. The smallest absolute Gasteiger partial charge is 0.0599 e. The fourth-order valence-corrected chi connectivity index (χ4v) is 1.12. The van der Waals surface area contributed by atoms with Gasteiger partial charge in [-0.25, -0.2) is 0 Å². The average molecular weight is 154 g/mol. The first-order chi connectivity index (χ1) is 5.26. The van der Waals surface area contributed by atoms with Crippen molar-refractivity contribution >= 4 is 0 Å². The van der Waals surface area contributed by atoms with Gasteiger partial charge in [-0.3, -0.25) is 4.90 Å². The first-order valence-corrected chi connectivity index (χ1v) is 4.10. The first-order valence-electron chi connectivity index (χ1n) is 4.10. The lowest BCUT2D eigenvalue weighted by molar-refractivity contribution is 0.261. The fraction of sp³-hybridized carbons (Fsp3) is 0.778. The molecule has 2 nitrogen and oxygen atoms in total. The van der Waals surface area contributed by atoms with Crippen LogP contribution in [-0.2, 0) is 0 Å². The zero-order chi connectivity index (χ0) is 8.69. The number of terminal acetylenes is 1. The van der Waals surface area contributed by atoms with E-state index < -0.39 is 0 Å². The molecule has 0 aromatic carbocycles. The summed E-state index contributed by atoms with van der Waals surface area (Å²) >= 11 is 0. The molecule has 1 atom stereocenters. The van der Waals surface area contributed by atoms with Crippen molar-refractivity contribution in [3.63, 3.8) is 0 Å². The summed E-state index contributed by atoms with van der Waals surface area (Å²) in [6, 6.07) is 0.455. The quantitative estimate of drug-likeness (QED) is 0.590. The minimum Gasteiger partial charge on any atom is -0.329 e. The number of hydrogen-bond donors (Lipinski definition) is 1. The van der Waals surface area contributed by atoms with Gasteiger partial charge in [0.1, 0.15) is 0 Å². The maximum atomic E-state index is 5.58. The Kier molecular flexibility index (Phi) is 5.91. The minimum atomic E-state index is 0.455. The van der Waals surface area contributed by atoms with E-state index in [1.165, 1.54) is 0 Å². The predicted molar refractivity (Wildman–Crippen MR) is 49.2 cm³/mol. The largest absolute Gasteiger partial charge is 0.329 e. The van der Waals surface area contributed by atoms with Gasteiger partial charge < -0.3 is 5.73 Å². The summed E-state index contributed by atoms with van der Waals surface area (Å²) in [4.78, 5) is 2.13. The number of likely N-dealkylation sites (N-methyl/N-ethyl adjacent to an activating group) is 1. The van der Waals surface area contributed by atoms with Crippen LogP contribution in [0.1, 0.15) is 19.8 Å². The SMILES string of the molecule is C#CCN(C)C(CN)CCC. The maximum absolute atomic E-state index is 5.58. The number of nitrogens with zero attached hydrogens (tertiary/aromatic N) is 1. The molecule has 0 fully saturated rings. The lowest BCUT2D eigenvalue weighted by Crippen LogP contribution is -2.37. The molecule has 64 valence electrons.